The van der Waals surface area contributed by atoms with Crippen LogP contribution in [0.1, 0.15) is 39.3 Å². The summed E-state index contributed by atoms with van der Waals surface area (Å²) >= 11 is 0. The fourth-order valence-electron chi connectivity index (χ4n) is 2.53. The summed E-state index contributed by atoms with van der Waals surface area (Å²) in [4.78, 5) is 18.3. The Morgan fingerprint density at radius 2 is 2.05 bits per heavy atom. The molecule has 0 aromatic carbocycles. The second-order valence-corrected chi connectivity index (χ2v) is 6.71. The smallest absolute Gasteiger partial charge is 0.227 e. The number of nitrogens with one attached hydrogen (secondary N) is 1. The highest BCUT2D eigenvalue weighted by Crippen LogP contribution is 2.21. The minimum absolute atomic E-state index is 0.188. The van der Waals surface area contributed by atoms with Gasteiger partial charge in [-0.2, -0.15) is 0 Å². The molecule has 2 rings (SSSR count). The van der Waals surface area contributed by atoms with E-state index in [9.17, 15) is 9.90 Å². The fraction of sp³-hybridized carbons (Fsp3) is 0.625. The Bertz CT molecular complexity index is 471. The molecule has 0 unspecified atom stereocenters. The summed E-state index contributed by atoms with van der Waals surface area (Å²) in [6.45, 7) is 8.23. The summed E-state index contributed by atoms with van der Waals surface area (Å²) in [7, 11) is 0. The van der Waals surface area contributed by atoms with Crippen LogP contribution in [0.2, 0.25) is 0 Å². The molecule has 5 nitrogen and oxygen atoms in total. The molecule has 0 aliphatic carbocycles. The predicted molar refractivity (Wildman–Crippen MR) is 81.8 cm³/mol. The van der Waals surface area contributed by atoms with Gasteiger partial charge >= 0.3 is 0 Å². The zero-order chi connectivity index (χ0) is 15.5. The average molecular weight is 291 g/mol. The summed E-state index contributed by atoms with van der Waals surface area (Å²) in [6.07, 6.45) is 3.40. The summed E-state index contributed by atoms with van der Waals surface area (Å²) in [5.74, 6) is 0.425. The number of hydrogen-bond donors (Lipinski definition) is 2. The number of amides is 1. The molecule has 0 atom stereocenters. The first kappa shape index (κ1) is 15.8. The Labute approximate surface area is 126 Å². The molecule has 5 heteroatoms. The molecule has 1 aromatic rings. The highest BCUT2D eigenvalue weighted by Gasteiger charge is 2.30. The highest BCUT2D eigenvalue weighted by molar-refractivity contribution is 5.81. The number of piperidine rings is 1. The minimum Gasteiger partial charge on any atom is -0.506 e. The van der Waals surface area contributed by atoms with Crippen LogP contribution >= 0.6 is 0 Å². The lowest BCUT2D eigenvalue weighted by molar-refractivity contribution is -0.140. The molecule has 1 saturated heterocycles. The van der Waals surface area contributed by atoms with E-state index in [0.29, 0.717) is 12.6 Å². The maximum atomic E-state index is 12.2. The molecular weight excluding hydrogens is 266 g/mol. The third-order valence-corrected chi connectivity index (χ3v) is 3.80. The first-order valence-electron chi connectivity index (χ1n) is 7.53. The second-order valence-electron chi connectivity index (χ2n) is 6.71. The SMILES string of the molecule is CC(C)(C)C(=O)N1CCC(NCc2ccc(O)cn2)CC1. The standard InChI is InChI=1S/C16H25N3O2/c1-16(2,3)15(21)19-8-6-12(7-9-19)17-10-13-4-5-14(20)11-18-13/h4-5,11-12,17,20H,6-10H2,1-3H3. The molecule has 1 aromatic heterocycles. The van der Waals surface area contributed by atoms with Gasteiger partial charge in [0.25, 0.3) is 0 Å². The number of pyridine rings is 1. The van der Waals surface area contributed by atoms with E-state index in [4.69, 9.17) is 0 Å². The molecule has 1 fully saturated rings. The van der Waals surface area contributed by atoms with Crippen molar-refractivity contribution in [2.45, 2.75) is 46.2 Å². The largest absolute Gasteiger partial charge is 0.506 e. The quantitative estimate of drug-likeness (QED) is 0.893. The van der Waals surface area contributed by atoms with Gasteiger partial charge in [-0.15, -0.1) is 0 Å². The molecule has 1 amide bonds. The average Bonchev–Trinajstić information content (AvgIpc) is 2.45. The van der Waals surface area contributed by atoms with E-state index < -0.39 is 0 Å². The van der Waals surface area contributed by atoms with Gasteiger partial charge in [-0.1, -0.05) is 20.8 Å². The molecule has 116 valence electrons. The number of likely N-dealkylation sites (tertiary alicyclic amines) is 1. The Kier molecular flexibility index (Phi) is 4.83. The van der Waals surface area contributed by atoms with Crippen LogP contribution in [0.3, 0.4) is 0 Å². The third-order valence-electron chi connectivity index (χ3n) is 3.80. The molecule has 0 saturated carbocycles. The van der Waals surface area contributed by atoms with E-state index in [1.54, 1.807) is 6.07 Å². The van der Waals surface area contributed by atoms with E-state index >= 15 is 0 Å². The molecule has 1 aliphatic rings. The van der Waals surface area contributed by atoms with Crippen LogP contribution in [0.5, 0.6) is 5.75 Å². The summed E-state index contributed by atoms with van der Waals surface area (Å²) in [6, 6.07) is 3.89. The molecule has 0 radical (unpaired) electrons. The first-order chi connectivity index (χ1) is 9.86. The molecule has 21 heavy (non-hydrogen) atoms. The monoisotopic (exact) mass is 291 g/mol. The Morgan fingerprint density at radius 1 is 1.38 bits per heavy atom. The van der Waals surface area contributed by atoms with E-state index in [2.05, 4.69) is 10.3 Å². The third kappa shape index (κ3) is 4.43. The predicted octanol–water partition coefficient (Wildman–Crippen LogP) is 1.91. The van der Waals surface area contributed by atoms with Gasteiger partial charge in [0.05, 0.1) is 11.9 Å². The van der Waals surface area contributed by atoms with Crippen molar-refractivity contribution in [2.24, 2.45) is 5.41 Å². The van der Waals surface area contributed by atoms with Gasteiger partial charge in [-0.25, -0.2) is 0 Å². The van der Waals surface area contributed by atoms with Crippen LogP contribution in [0.25, 0.3) is 0 Å². The number of hydrogen-bond acceptors (Lipinski definition) is 4. The summed E-state index contributed by atoms with van der Waals surface area (Å²) in [5.41, 5.74) is 0.622. The van der Waals surface area contributed by atoms with Gasteiger partial charge in [0.1, 0.15) is 5.75 Å². The van der Waals surface area contributed by atoms with Crippen molar-refractivity contribution < 1.29 is 9.90 Å². The van der Waals surface area contributed by atoms with Gasteiger partial charge in [-0.3, -0.25) is 9.78 Å². The van der Waals surface area contributed by atoms with Crippen molar-refractivity contribution in [1.82, 2.24) is 15.2 Å². The maximum Gasteiger partial charge on any atom is 0.227 e. The summed E-state index contributed by atoms with van der Waals surface area (Å²) < 4.78 is 0. The Morgan fingerprint density at radius 3 is 2.57 bits per heavy atom. The number of aromatic hydroxyl groups is 1. The van der Waals surface area contributed by atoms with Crippen LogP contribution in [0.4, 0.5) is 0 Å². The molecule has 2 N–H and O–H groups in total. The lowest BCUT2D eigenvalue weighted by Crippen LogP contribution is -2.48. The van der Waals surface area contributed by atoms with Crippen molar-refractivity contribution in [2.75, 3.05) is 13.1 Å². The lowest BCUT2D eigenvalue weighted by atomic mass is 9.93. The number of carbonyl (C=O) groups excluding carboxylic acids is 1. The normalized spacial score (nSPS) is 17.0. The molecule has 0 spiro atoms. The molecule has 0 bridgehead atoms. The fourth-order valence-corrected chi connectivity index (χ4v) is 2.53. The Hall–Kier alpha value is -1.62. The highest BCUT2D eigenvalue weighted by atomic mass is 16.3. The first-order valence-corrected chi connectivity index (χ1v) is 7.53. The lowest BCUT2D eigenvalue weighted by Gasteiger charge is -2.36. The summed E-state index contributed by atoms with van der Waals surface area (Å²) in [5, 5.41) is 12.7. The van der Waals surface area contributed by atoms with E-state index in [-0.39, 0.29) is 17.1 Å². The second kappa shape index (κ2) is 6.43. The number of aromatic nitrogens is 1. The van der Waals surface area contributed by atoms with Crippen LogP contribution < -0.4 is 5.32 Å². The minimum atomic E-state index is -0.295. The van der Waals surface area contributed by atoms with Crippen LogP contribution in [0.15, 0.2) is 18.3 Å². The zero-order valence-electron chi connectivity index (χ0n) is 13.1. The van der Waals surface area contributed by atoms with Crippen molar-refractivity contribution in [1.29, 1.82) is 0 Å². The number of nitrogens with zero attached hydrogens (tertiary/aromatic N) is 2. The van der Waals surface area contributed by atoms with Gasteiger partial charge in [0.15, 0.2) is 0 Å². The van der Waals surface area contributed by atoms with E-state index in [1.807, 2.05) is 31.7 Å². The van der Waals surface area contributed by atoms with Gasteiger partial charge in [0, 0.05) is 31.1 Å². The number of rotatable bonds is 3. The van der Waals surface area contributed by atoms with Gasteiger partial charge in [0.2, 0.25) is 5.91 Å². The molecule has 2 heterocycles. The van der Waals surface area contributed by atoms with Gasteiger partial charge in [-0.05, 0) is 25.0 Å². The van der Waals surface area contributed by atoms with E-state index in [0.717, 1.165) is 31.6 Å². The maximum absolute atomic E-state index is 12.2. The van der Waals surface area contributed by atoms with Crippen molar-refractivity contribution >= 4 is 5.91 Å². The van der Waals surface area contributed by atoms with E-state index in [1.165, 1.54) is 6.20 Å². The van der Waals surface area contributed by atoms with Crippen LogP contribution in [-0.4, -0.2) is 40.0 Å². The Balaban J connectivity index is 1.77. The molecule has 1 aliphatic heterocycles. The number of carbonyl (C=O) groups is 1. The van der Waals surface area contributed by atoms with Crippen LogP contribution in [-0.2, 0) is 11.3 Å². The van der Waals surface area contributed by atoms with Gasteiger partial charge < -0.3 is 15.3 Å². The zero-order valence-corrected chi connectivity index (χ0v) is 13.1. The van der Waals surface area contributed by atoms with Crippen LogP contribution in [0, 0.1) is 5.41 Å². The topological polar surface area (TPSA) is 65.5 Å². The van der Waals surface area contributed by atoms with Crippen molar-refractivity contribution in [3.05, 3.63) is 24.0 Å². The van der Waals surface area contributed by atoms with Crippen molar-refractivity contribution in [3.8, 4) is 5.75 Å². The van der Waals surface area contributed by atoms with Crippen molar-refractivity contribution in [3.63, 3.8) is 0 Å². The molecular formula is C16H25N3O2.